The van der Waals surface area contributed by atoms with Gasteiger partial charge in [0.05, 0.1) is 4.90 Å². The van der Waals surface area contributed by atoms with Crippen LogP contribution in [0.3, 0.4) is 0 Å². The summed E-state index contributed by atoms with van der Waals surface area (Å²) < 4.78 is 24.6. The van der Waals surface area contributed by atoms with E-state index in [-0.39, 0.29) is 11.4 Å². The summed E-state index contributed by atoms with van der Waals surface area (Å²) in [6, 6.07) is 5.90. The second kappa shape index (κ2) is 5.27. The minimum Gasteiger partial charge on any atom is -0.381 e. The Morgan fingerprint density at radius 1 is 1.35 bits per heavy atom. The number of aliphatic hydroxyl groups is 1. The van der Waals surface area contributed by atoms with Crippen LogP contribution in [0.2, 0.25) is 0 Å². The molecule has 1 aromatic rings. The summed E-state index contributed by atoms with van der Waals surface area (Å²) in [6.07, 6.45) is -0.872. The lowest BCUT2D eigenvalue weighted by atomic mass is 10.1. The first-order valence-corrected chi connectivity index (χ1v) is 6.37. The van der Waals surface area contributed by atoms with E-state index in [0.717, 1.165) is 4.31 Å². The van der Waals surface area contributed by atoms with E-state index in [2.05, 4.69) is 4.85 Å². The molecule has 0 aliphatic carbocycles. The maximum atomic E-state index is 11.8. The highest BCUT2D eigenvalue weighted by Gasteiger charge is 2.18. The zero-order valence-electron chi connectivity index (χ0n) is 9.66. The fourth-order valence-electron chi connectivity index (χ4n) is 1.26. The Balaban J connectivity index is 3.01. The van der Waals surface area contributed by atoms with Crippen molar-refractivity contribution >= 4 is 10.0 Å². The van der Waals surface area contributed by atoms with Gasteiger partial charge >= 0.3 is 0 Å². The molecular formula is C11H14N2O3S. The van der Waals surface area contributed by atoms with Gasteiger partial charge in [0.2, 0.25) is 16.6 Å². The van der Waals surface area contributed by atoms with E-state index in [4.69, 9.17) is 6.57 Å². The molecule has 92 valence electrons. The maximum Gasteiger partial charge on any atom is 0.244 e. The molecule has 1 atom stereocenters. The van der Waals surface area contributed by atoms with Gasteiger partial charge in [0.25, 0.3) is 0 Å². The fraction of sp³-hybridized carbons (Fsp3) is 0.364. The Kier molecular flexibility index (Phi) is 4.23. The molecular weight excluding hydrogens is 240 g/mol. The number of hydrogen-bond acceptors (Lipinski definition) is 3. The molecule has 5 nitrogen and oxygen atoms in total. The monoisotopic (exact) mass is 254 g/mol. The predicted octanol–water partition coefficient (Wildman–Crippen LogP) is 0.890. The van der Waals surface area contributed by atoms with Gasteiger partial charge in [-0.1, -0.05) is 12.1 Å². The molecule has 17 heavy (non-hydrogen) atoms. The molecule has 0 saturated carbocycles. The fourth-order valence-corrected chi connectivity index (χ4v) is 2.17. The number of hydrogen-bond donors (Lipinski definition) is 1. The van der Waals surface area contributed by atoms with E-state index in [0.29, 0.717) is 5.56 Å². The number of benzene rings is 1. The minimum atomic E-state index is -3.44. The van der Waals surface area contributed by atoms with Crippen molar-refractivity contribution in [3.63, 3.8) is 0 Å². The molecule has 1 N–H and O–H groups in total. The molecule has 0 heterocycles. The third-order valence-electron chi connectivity index (χ3n) is 2.31. The number of sulfonamides is 1. The van der Waals surface area contributed by atoms with Crippen molar-refractivity contribution in [1.29, 1.82) is 0 Å². The molecule has 1 rings (SSSR count). The van der Waals surface area contributed by atoms with Gasteiger partial charge < -0.3 is 9.95 Å². The zero-order chi connectivity index (χ0) is 13.1. The molecule has 1 unspecified atom stereocenters. The summed E-state index contributed by atoms with van der Waals surface area (Å²) in [6.45, 7) is 6.61. The van der Waals surface area contributed by atoms with E-state index in [1.165, 1.54) is 38.4 Å². The van der Waals surface area contributed by atoms with Crippen LogP contribution in [0.1, 0.15) is 11.7 Å². The summed E-state index contributed by atoms with van der Waals surface area (Å²) in [5, 5.41) is 9.55. The smallest absolute Gasteiger partial charge is 0.244 e. The molecule has 0 bridgehead atoms. The van der Waals surface area contributed by atoms with Crippen molar-refractivity contribution in [2.45, 2.75) is 11.0 Å². The van der Waals surface area contributed by atoms with E-state index < -0.39 is 16.1 Å². The molecule has 0 aromatic heterocycles. The van der Waals surface area contributed by atoms with Crippen molar-refractivity contribution in [3.8, 4) is 0 Å². The Morgan fingerprint density at radius 2 is 1.88 bits per heavy atom. The standard InChI is InChI=1S/C11H14N2O3S/c1-12-8-11(14)9-4-6-10(7-5-9)17(15,16)13(2)3/h4-7,11,14H,8H2,2-3H3. The molecule has 0 spiro atoms. The van der Waals surface area contributed by atoms with Crippen molar-refractivity contribution in [2.75, 3.05) is 20.6 Å². The molecule has 6 heteroatoms. The molecule has 0 radical (unpaired) electrons. The lowest BCUT2D eigenvalue weighted by Crippen LogP contribution is -2.22. The van der Waals surface area contributed by atoms with Gasteiger partial charge in [-0.15, -0.1) is 0 Å². The second-order valence-electron chi connectivity index (χ2n) is 3.71. The van der Waals surface area contributed by atoms with Gasteiger partial charge in [-0.2, -0.15) is 0 Å². The van der Waals surface area contributed by atoms with Crippen LogP contribution in [0.5, 0.6) is 0 Å². The van der Waals surface area contributed by atoms with Crippen LogP contribution in [0.4, 0.5) is 0 Å². The molecule has 0 amide bonds. The van der Waals surface area contributed by atoms with Crippen molar-refractivity contribution in [2.24, 2.45) is 0 Å². The average molecular weight is 254 g/mol. The number of nitrogens with zero attached hydrogens (tertiary/aromatic N) is 2. The normalized spacial score (nSPS) is 13.4. The Morgan fingerprint density at radius 3 is 2.29 bits per heavy atom. The van der Waals surface area contributed by atoms with Gasteiger partial charge in [0, 0.05) is 14.1 Å². The second-order valence-corrected chi connectivity index (χ2v) is 5.86. The summed E-state index contributed by atoms with van der Waals surface area (Å²) >= 11 is 0. The highest BCUT2D eigenvalue weighted by molar-refractivity contribution is 7.89. The SMILES string of the molecule is [C-]#[N+]CC(O)c1ccc(S(=O)(=O)N(C)C)cc1. The summed E-state index contributed by atoms with van der Waals surface area (Å²) in [5.74, 6) is 0. The lowest BCUT2D eigenvalue weighted by Gasteiger charge is -2.12. The van der Waals surface area contributed by atoms with Crippen LogP contribution < -0.4 is 0 Å². The molecule has 0 saturated heterocycles. The summed E-state index contributed by atoms with van der Waals surface area (Å²) in [7, 11) is -0.530. The molecule has 1 aromatic carbocycles. The van der Waals surface area contributed by atoms with Crippen LogP contribution in [0.15, 0.2) is 29.2 Å². The van der Waals surface area contributed by atoms with Crippen molar-refractivity contribution < 1.29 is 13.5 Å². The van der Waals surface area contributed by atoms with Crippen LogP contribution in [0.25, 0.3) is 4.85 Å². The van der Waals surface area contributed by atoms with Crippen LogP contribution in [-0.4, -0.2) is 38.5 Å². The maximum absolute atomic E-state index is 11.8. The first-order chi connectivity index (χ1) is 7.89. The van der Waals surface area contributed by atoms with Crippen LogP contribution in [-0.2, 0) is 10.0 Å². The van der Waals surface area contributed by atoms with Gasteiger partial charge in [0.1, 0.15) is 0 Å². The van der Waals surface area contributed by atoms with E-state index in [1.807, 2.05) is 0 Å². The Bertz CT molecular complexity index is 515. The first kappa shape index (κ1) is 13.6. The third-order valence-corrected chi connectivity index (χ3v) is 4.14. The Labute approximate surface area is 101 Å². The minimum absolute atomic E-state index is 0.0280. The summed E-state index contributed by atoms with van der Waals surface area (Å²) in [5.41, 5.74) is 0.540. The number of rotatable bonds is 4. The zero-order valence-corrected chi connectivity index (χ0v) is 10.5. The first-order valence-electron chi connectivity index (χ1n) is 4.93. The highest BCUT2D eigenvalue weighted by Crippen LogP contribution is 2.18. The van der Waals surface area contributed by atoms with Gasteiger partial charge in [0.15, 0.2) is 6.10 Å². The lowest BCUT2D eigenvalue weighted by molar-refractivity contribution is 0.195. The Hall–Kier alpha value is -1.42. The van der Waals surface area contributed by atoms with Crippen LogP contribution >= 0.6 is 0 Å². The van der Waals surface area contributed by atoms with Crippen LogP contribution in [0, 0.1) is 6.57 Å². The van der Waals surface area contributed by atoms with E-state index in [9.17, 15) is 13.5 Å². The van der Waals surface area contributed by atoms with Gasteiger partial charge in [-0.25, -0.2) is 19.3 Å². The van der Waals surface area contributed by atoms with Gasteiger partial charge in [-0.05, 0) is 17.7 Å². The van der Waals surface area contributed by atoms with Crippen molar-refractivity contribution in [3.05, 3.63) is 41.2 Å². The molecule has 0 aliphatic heterocycles. The molecule has 0 aliphatic rings. The third kappa shape index (κ3) is 3.03. The topological polar surface area (TPSA) is 62.0 Å². The summed E-state index contributed by atoms with van der Waals surface area (Å²) in [4.78, 5) is 3.25. The molecule has 0 fully saturated rings. The van der Waals surface area contributed by atoms with E-state index >= 15 is 0 Å². The van der Waals surface area contributed by atoms with Gasteiger partial charge in [-0.3, -0.25) is 0 Å². The quantitative estimate of drug-likeness (QED) is 0.812. The van der Waals surface area contributed by atoms with Crippen molar-refractivity contribution in [1.82, 2.24) is 4.31 Å². The number of aliphatic hydroxyl groups excluding tert-OH is 1. The van der Waals surface area contributed by atoms with E-state index in [1.54, 1.807) is 0 Å². The predicted molar refractivity (Wildman–Crippen MR) is 63.7 cm³/mol. The average Bonchev–Trinajstić information content (AvgIpc) is 2.29. The largest absolute Gasteiger partial charge is 0.381 e. The highest BCUT2D eigenvalue weighted by atomic mass is 32.2.